The molecule has 0 unspecified atom stereocenters. The van der Waals surface area contributed by atoms with Gasteiger partial charge in [0.25, 0.3) is 0 Å². The van der Waals surface area contributed by atoms with E-state index in [-0.39, 0.29) is 5.91 Å². The van der Waals surface area contributed by atoms with E-state index < -0.39 is 0 Å². The highest BCUT2D eigenvalue weighted by Gasteiger charge is 2.05. The summed E-state index contributed by atoms with van der Waals surface area (Å²) < 4.78 is 0. The van der Waals surface area contributed by atoms with E-state index in [1.54, 1.807) is 0 Å². The summed E-state index contributed by atoms with van der Waals surface area (Å²) in [6.07, 6.45) is 1.40. The van der Waals surface area contributed by atoms with Crippen LogP contribution in [0.4, 0.5) is 5.69 Å². The van der Waals surface area contributed by atoms with Gasteiger partial charge in [0.2, 0.25) is 5.91 Å². The van der Waals surface area contributed by atoms with Gasteiger partial charge in [-0.05, 0) is 23.6 Å². The van der Waals surface area contributed by atoms with Crippen molar-refractivity contribution < 1.29 is 4.79 Å². The summed E-state index contributed by atoms with van der Waals surface area (Å²) in [5.74, 6) is 0.0523. The average molecular weight is 282 g/mol. The number of aryl methyl sites for hydroxylation is 1. The number of nitrogens with one attached hydrogen (secondary N) is 2. The van der Waals surface area contributed by atoms with Crippen LogP contribution in [0.3, 0.4) is 0 Å². The van der Waals surface area contributed by atoms with Crippen LogP contribution in [0.15, 0.2) is 54.6 Å². The minimum Gasteiger partial charge on any atom is -0.326 e. The van der Waals surface area contributed by atoms with Crippen molar-refractivity contribution in [2.24, 2.45) is 0 Å². The number of carbonyl (C=O) groups is 1. The minimum absolute atomic E-state index is 0.0523. The molecule has 0 saturated carbocycles. The van der Waals surface area contributed by atoms with Crippen molar-refractivity contribution in [2.45, 2.75) is 26.3 Å². The number of rotatable bonds is 7. The Kier molecular flexibility index (Phi) is 5.98. The number of hydrogen-bond acceptors (Lipinski definition) is 2. The van der Waals surface area contributed by atoms with E-state index in [0.29, 0.717) is 13.0 Å². The van der Waals surface area contributed by atoms with Crippen molar-refractivity contribution in [1.29, 1.82) is 0 Å². The van der Waals surface area contributed by atoms with Gasteiger partial charge in [0.1, 0.15) is 0 Å². The summed E-state index contributed by atoms with van der Waals surface area (Å²) in [6, 6.07) is 18.1. The Balaban J connectivity index is 1.72. The van der Waals surface area contributed by atoms with Crippen molar-refractivity contribution in [1.82, 2.24) is 5.32 Å². The SMILES string of the molecule is CCc1ccccc1NC(=O)CCNCc1ccccc1. The number of para-hydroxylation sites is 1. The lowest BCUT2D eigenvalue weighted by Gasteiger charge is -2.10. The molecule has 0 heterocycles. The minimum atomic E-state index is 0.0523. The van der Waals surface area contributed by atoms with Gasteiger partial charge in [-0.1, -0.05) is 55.5 Å². The van der Waals surface area contributed by atoms with Gasteiger partial charge in [0.15, 0.2) is 0 Å². The third-order valence-corrected chi connectivity index (χ3v) is 3.37. The van der Waals surface area contributed by atoms with E-state index in [0.717, 1.165) is 18.7 Å². The molecule has 3 heteroatoms. The maximum absolute atomic E-state index is 11.9. The van der Waals surface area contributed by atoms with E-state index in [2.05, 4.69) is 29.7 Å². The molecule has 0 radical (unpaired) electrons. The van der Waals surface area contributed by atoms with Crippen molar-refractivity contribution in [3.05, 3.63) is 65.7 Å². The Labute approximate surface area is 126 Å². The van der Waals surface area contributed by atoms with Crippen LogP contribution in [0, 0.1) is 0 Å². The summed E-state index contributed by atoms with van der Waals surface area (Å²) in [5.41, 5.74) is 3.32. The fourth-order valence-electron chi connectivity index (χ4n) is 2.19. The Bertz CT molecular complexity index is 566. The second-order valence-electron chi connectivity index (χ2n) is 4.97. The molecule has 2 rings (SSSR count). The molecule has 0 bridgehead atoms. The molecule has 0 aliphatic heterocycles. The van der Waals surface area contributed by atoms with Crippen molar-refractivity contribution in [3.8, 4) is 0 Å². The molecule has 2 aromatic rings. The van der Waals surface area contributed by atoms with Crippen LogP contribution < -0.4 is 10.6 Å². The lowest BCUT2D eigenvalue weighted by molar-refractivity contribution is -0.116. The molecule has 0 aliphatic rings. The van der Waals surface area contributed by atoms with Gasteiger partial charge in [-0.3, -0.25) is 4.79 Å². The molecule has 0 aliphatic carbocycles. The lowest BCUT2D eigenvalue weighted by Crippen LogP contribution is -2.21. The van der Waals surface area contributed by atoms with Gasteiger partial charge >= 0.3 is 0 Å². The summed E-state index contributed by atoms with van der Waals surface area (Å²) in [6.45, 7) is 3.56. The van der Waals surface area contributed by atoms with Gasteiger partial charge in [-0.15, -0.1) is 0 Å². The van der Waals surface area contributed by atoms with Crippen LogP contribution >= 0.6 is 0 Å². The first-order chi connectivity index (χ1) is 10.3. The van der Waals surface area contributed by atoms with Crippen LogP contribution in [-0.2, 0) is 17.8 Å². The maximum atomic E-state index is 11.9. The van der Waals surface area contributed by atoms with Crippen LogP contribution in [0.25, 0.3) is 0 Å². The first-order valence-electron chi connectivity index (χ1n) is 7.42. The summed E-state index contributed by atoms with van der Waals surface area (Å²) in [4.78, 5) is 11.9. The van der Waals surface area contributed by atoms with Crippen LogP contribution in [-0.4, -0.2) is 12.5 Å². The van der Waals surface area contributed by atoms with Gasteiger partial charge in [0.05, 0.1) is 0 Å². The Morgan fingerprint density at radius 2 is 1.71 bits per heavy atom. The van der Waals surface area contributed by atoms with E-state index >= 15 is 0 Å². The number of benzene rings is 2. The van der Waals surface area contributed by atoms with Crippen LogP contribution in [0.1, 0.15) is 24.5 Å². The number of hydrogen-bond donors (Lipinski definition) is 2. The molecule has 0 aromatic heterocycles. The van der Waals surface area contributed by atoms with Gasteiger partial charge < -0.3 is 10.6 Å². The summed E-state index contributed by atoms with van der Waals surface area (Å²) in [7, 11) is 0. The average Bonchev–Trinajstić information content (AvgIpc) is 2.53. The zero-order valence-electron chi connectivity index (χ0n) is 12.4. The fourth-order valence-corrected chi connectivity index (χ4v) is 2.19. The molecule has 1 amide bonds. The predicted octanol–water partition coefficient (Wildman–Crippen LogP) is 3.37. The molecule has 0 atom stereocenters. The predicted molar refractivity (Wildman–Crippen MR) is 87.2 cm³/mol. The molecular formula is C18H22N2O. The highest BCUT2D eigenvalue weighted by molar-refractivity contribution is 5.91. The second-order valence-corrected chi connectivity index (χ2v) is 4.97. The van der Waals surface area contributed by atoms with Crippen molar-refractivity contribution in [3.63, 3.8) is 0 Å². The van der Waals surface area contributed by atoms with Crippen molar-refractivity contribution in [2.75, 3.05) is 11.9 Å². The quantitative estimate of drug-likeness (QED) is 0.764. The molecule has 3 nitrogen and oxygen atoms in total. The molecule has 110 valence electrons. The normalized spacial score (nSPS) is 10.3. The van der Waals surface area contributed by atoms with Gasteiger partial charge in [-0.25, -0.2) is 0 Å². The molecule has 2 aromatic carbocycles. The topological polar surface area (TPSA) is 41.1 Å². The van der Waals surface area contributed by atoms with E-state index in [4.69, 9.17) is 0 Å². The summed E-state index contributed by atoms with van der Waals surface area (Å²) in [5, 5.41) is 6.27. The van der Waals surface area contributed by atoms with Crippen LogP contribution in [0.5, 0.6) is 0 Å². The fraction of sp³-hybridized carbons (Fsp3) is 0.278. The molecule has 21 heavy (non-hydrogen) atoms. The van der Waals surface area contributed by atoms with E-state index in [9.17, 15) is 4.79 Å². The Hall–Kier alpha value is -2.13. The summed E-state index contributed by atoms with van der Waals surface area (Å²) >= 11 is 0. The highest BCUT2D eigenvalue weighted by atomic mass is 16.1. The van der Waals surface area contributed by atoms with Crippen LogP contribution in [0.2, 0.25) is 0 Å². The largest absolute Gasteiger partial charge is 0.326 e. The smallest absolute Gasteiger partial charge is 0.225 e. The second kappa shape index (κ2) is 8.22. The maximum Gasteiger partial charge on any atom is 0.225 e. The number of anilines is 1. The molecule has 0 fully saturated rings. The monoisotopic (exact) mass is 282 g/mol. The third-order valence-electron chi connectivity index (χ3n) is 3.37. The Morgan fingerprint density at radius 3 is 2.48 bits per heavy atom. The number of amides is 1. The third kappa shape index (κ3) is 5.04. The molecule has 0 spiro atoms. The standard InChI is InChI=1S/C18H22N2O/c1-2-16-10-6-7-11-17(16)20-18(21)12-13-19-14-15-8-4-3-5-9-15/h3-11,19H,2,12-14H2,1H3,(H,20,21). The van der Waals surface area contributed by atoms with E-state index in [1.807, 2.05) is 42.5 Å². The first kappa shape index (κ1) is 15.3. The first-order valence-corrected chi connectivity index (χ1v) is 7.42. The lowest BCUT2D eigenvalue weighted by atomic mass is 10.1. The zero-order valence-corrected chi connectivity index (χ0v) is 12.4. The molecule has 0 saturated heterocycles. The number of carbonyl (C=O) groups excluding carboxylic acids is 1. The van der Waals surface area contributed by atoms with E-state index in [1.165, 1.54) is 11.1 Å². The Morgan fingerprint density at radius 1 is 1.00 bits per heavy atom. The zero-order chi connectivity index (χ0) is 14.9. The van der Waals surface area contributed by atoms with Crippen molar-refractivity contribution >= 4 is 11.6 Å². The molecule has 2 N–H and O–H groups in total. The molecular weight excluding hydrogens is 260 g/mol. The highest BCUT2D eigenvalue weighted by Crippen LogP contribution is 2.15. The van der Waals surface area contributed by atoms with Gasteiger partial charge in [-0.2, -0.15) is 0 Å². The van der Waals surface area contributed by atoms with Gasteiger partial charge in [0, 0.05) is 25.2 Å².